The van der Waals surface area contributed by atoms with Crippen LogP contribution in [0.3, 0.4) is 0 Å². The molecule has 1 aliphatic rings. The third-order valence-electron chi connectivity index (χ3n) is 3.42. The highest BCUT2D eigenvalue weighted by Crippen LogP contribution is 2.21. The normalized spacial score (nSPS) is 16.3. The number of nitrogens with one attached hydrogen (secondary N) is 1. The fraction of sp³-hybridized carbons (Fsp3) is 0.786. The van der Waals surface area contributed by atoms with E-state index in [0.717, 1.165) is 37.8 Å². The van der Waals surface area contributed by atoms with Crippen molar-refractivity contribution in [3.63, 3.8) is 0 Å². The van der Waals surface area contributed by atoms with Crippen LogP contribution in [-0.2, 0) is 11.3 Å². The molecule has 102 valence electrons. The molecule has 1 aliphatic carbocycles. The van der Waals surface area contributed by atoms with E-state index in [0.29, 0.717) is 6.10 Å². The Balaban J connectivity index is 1.79. The Bertz CT molecular complexity index is 356. The van der Waals surface area contributed by atoms with E-state index in [1.165, 1.54) is 25.7 Å². The molecule has 0 radical (unpaired) electrons. The first-order valence-electron chi connectivity index (χ1n) is 7.19. The van der Waals surface area contributed by atoms with E-state index in [1.54, 1.807) is 0 Å². The summed E-state index contributed by atoms with van der Waals surface area (Å²) in [5.41, 5.74) is 1.06. The van der Waals surface area contributed by atoms with Crippen molar-refractivity contribution in [1.29, 1.82) is 0 Å². The molecule has 0 aliphatic heterocycles. The fourth-order valence-electron chi connectivity index (χ4n) is 2.47. The van der Waals surface area contributed by atoms with Gasteiger partial charge in [0, 0.05) is 19.3 Å². The van der Waals surface area contributed by atoms with Crippen LogP contribution in [0.1, 0.15) is 44.7 Å². The maximum Gasteiger partial charge on any atom is 0.203 e. The van der Waals surface area contributed by atoms with Crippen LogP contribution in [0.5, 0.6) is 0 Å². The maximum absolute atomic E-state index is 5.90. The van der Waals surface area contributed by atoms with Crippen molar-refractivity contribution < 1.29 is 4.74 Å². The molecule has 1 fully saturated rings. The quantitative estimate of drug-likeness (QED) is 0.809. The molecule has 0 aromatic carbocycles. The lowest BCUT2D eigenvalue weighted by Crippen LogP contribution is -2.15. The fourth-order valence-corrected chi connectivity index (χ4v) is 2.47. The van der Waals surface area contributed by atoms with E-state index >= 15 is 0 Å². The first kappa shape index (κ1) is 13.4. The second-order valence-corrected chi connectivity index (χ2v) is 5.10. The minimum Gasteiger partial charge on any atom is -0.376 e. The highest BCUT2D eigenvalue weighted by molar-refractivity contribution is 5.28. The highest BCUT2D eigenvalue weighted by Gasteiger charge is 2.15. The molecule has 0 spiro atoms. The number of aryl methyl sites for hydroxylation is 1. The molecule has 1 saturated carbocycles. The van der Waals surface area contributed by atoms with Gasteiger partial charge in [-0.05, 0) is 26.2 Å². The molecule has 1 heterocycles. The number of nitrogens with zero attached hydrogens (tertiary/aromatic N) is 2. The largest absolute Gasteiger partial charge is 0.376 e. The molecular weight excluding hydrogens is 226 g/mol. The van der Waals surface area contributed by atoms with Crippen molar-refractivity contribution in [2.75, 3.05) is 18.5 Å². The number of anilines is 1. The Morgan fingerprint density at radius 3 is 2.94 bits per heavy atom. The van der Waals surface area contributed by atoms with Crippen LogP contribution in [0.4, 0.5) is 5.95 Å². The Labute approximate surface area is 110 Å². The number of hydrogen-bond acceptors (Lipinski definition) is 3. The third kappa shape index (κ3) is 3.73. The van der Waals surface area contributed by atoms with E-state index < -0.39 is 0 Å². The molecule has 0 unspecified atom stereocenters. The number of rotatable bonds is 7. The molecule has 4 nitrogen and oxygen atoms in total. The van der Waals surface area contributed by atoms with Gasteiger partial charge >= 0.3 is 0 Å². The van der Waals surface area contributed by atoms with Gasteiger partial charge in [0.15, 0.2) is 0 Å². The van der Waals surface area contributed by atoms with Gasteiger partial charge in [-0.3, -0.25) is 0 Å². The van der Waals surface area contributed by atoms with Gasteiger partial charge in [-0.2, -0.15) is 0 Å². The minimum absolute atomic E-state index is 0.502. The van der Waals surface area contributed by atoms with Crippen molar-refractivity contribution in [1.82, 2.24) is 9.55 Å². The summed E-state index contributed by atoms with van der Waals surface area (Å²) in [6, 6.07) is 0. The van der Waals surface area contributed by atoms with Crippen molar-refractivity contribution in [3.05, 3.63) is 11.9 Å². The summed E-state index contributed by atoms with van der Waals surface area (Å²) in [7, 11) is 0. The standard InChI is InChI=1S/C14H25N3O/c1-3-8-15-14-16-12(2)11-17(14)9-10-18-13-6-4-5-7-13/h11,13H,3-10H2,1-2H3,(H,15,16). The molecule has 1 N–H and O–H groups in total. The number of aromatic nitrogens is 2. The molecule has 1 aromatic heterocycles. The molecule has 18 heavy (non-hydrogen) atoms. The van der Waals surface area contributed by atoms with Crippen LogP contribution < -0.4 is 5.32 Å². The highest BCUT2D eigenvalue weighted by atomic mass is 16.5. The Morgan fingerprint density at radius 1 is 1.44 bits per heavy atom. The predicted octanol–water partition coefficient (Wildman–Crippen LogP) is 2.97. The van der Waals surface area contributed by atoms with Crippen LogP contribution in [-0.4, -0.2) is 28.8 Å². The van der Waals surface area contributed by atoms with Gasteiger partial charge in [0.2, 0.25) is 5.95 Å². The maximum atomic E-state index is 5.90. The summed E-state index contributed by atoms with van der Waals surface area (Å²) < 4.78 is 8.07. The van der Waals surface area contributed by atoms with Crippen molar-refractivity contribution >= 4 is 5.95 Å². The van der Waals surface area contributed by atoms with E-state index in [-0.39, 0.29) is 0 Å². The zero-order valence-electron chi connectivity index (χ0n) is 11.6. The lowest BCUT2D eigenvalue weighted by Gasteiger charge is -2.13. The molecule has 2 rings (SSSR count). The average Bonchev–Trinajstić information content (AvgIpc) is 2.97. The van der Waals surface area contributed by atoms with Crippen LogP contribution in [0.2, 0.25) is 0 Å². The molecule has 0 atom stereocenters. The Morgan fingerprint density at radius 2 is 2.22 bits per heavy atom. The van der Waals surface area contributed by atoms with Crippen molar-refractivity contribution in [2.24, 2.45) is 0 Å². The zero-order valence-corrected chi connectivity index (χ0v) is 11.6. The van der Waals surface area contributed by atoms with Gasteiger partial charge in [0.05, 0.1) is 18.4 Å². The molecule has 4 heteroatoms. The minimum atomic E-state index is 0.502. The van der Waals surface area contributed by atoms with Crippen LogP contribution in [0.25, 0.3) is 0 Å². The monoisotopic (exact) mass is 251 g/mol. The van der Waals surface area contributed by atoms with Gasteiger partial charge in [0.25, 0.3) is 0 Å². The van der Waals surface area contributed by atoms with E-state index in [4.69, 9.17) is 4.74 Å². The second kappa shape index (κ2) is 6.78. The zero-order chi connectivity index (χ0) is 12.8. The van der Waals surface area contributed by atoms with Gasteiger partial charge in [0.1, 0.15) is 0 Å². The Kier molecular flexibility index (Phi) is 5.05. The topological polar surface area (TPSA) is 39.1 Å². The molecule has 0 amide bonds. The lowest BCUT2D eigenvalue weighted by atomic mass is 10.3. The number of ether oxygens (including phenoxy) is 1. The van der Waals surface area contributed by atoms with Crippen molar-refractivity contribution in [2.45, 2.75) is 58.6 Å². The summed E-state index contributed by atoms with van der Waals surface area (Å²) in [5.74, 6) is 0.976. The summed E-state index contributed by atoms with van der Waals surface area (Å²) in [5, 5.41) is 3.36. The van der Waals surface area contributed by atoms with Crippen molar-refractivity contribution in [3.8, 4) is 0 Å². The average molecular weight is 251 g/mol. The van der Waals surface area contributed by atoms with Gasteiger partial charge in [-0.1, -0.05) is 19.8 Å². The lowest BCUT2D eigenvalue weighted by molar-refractivity contribution is 0.0532. The van der Waals surface area contributed by atoms with Crippen LogP contribution >= 0.6 is 0 Å². The van der Waals surface area contributed by atoms with Gasteiger partial charge < -0.3 is 14.6 Å². The van der Waals surface area contributed by atoms with Gasteiger partial charge in [-0.25, -0.2) is 4.98 Å². The number of hydrogen-bond donors (Lipinski definition) is 1. The van der Waals surface area contributed by atoms with E-state index in [2.05, 4.69) is 28.0 Å². The summed E-state index contributed by atoms with van der Waals surface area (Å²) in [6.07, 6.45) is 8.85. The SMILES string of the molecule is CCCNc1nc(C)cn1CCOC1CCCC1. The molecule has 1 aromatic rings. The molecular formula is C14H25N3O. The second-order valence-electron chi connectivity index (χ2n) is 5.10. The molecule has 0 saturated heterocycles. The number of imidazole rings is 1. The Hall–Kier alpha value is -1.03. The van der Waals surface area contributed by atoms with Gasteiger partial charge in [-0.15, -0.1) is 0 Å². The van der Waals surface area contributed by atoms with E-state index in [9.17, 15) is 0 Å². The first-order chi connectivity index (χ1) is 8.79. The summed E-state index contributed by atoms with van der Waals surface area (Å²) >= 11 is 0. The smallest absolute Gasteiger partial charge is 0.203 e. The summed E-state index contributed by atoms with van der Waals surface area (Å²) in [4.78, 5) is 4.49. The van der Waals surface area contributed by atoms with E-state index in [1.807, 2.05) is 6.92 Å². The first-order valence-corrected chi connectivity index (χ1v) is 7.19. The third-order valence-corrected chi connectivity index (χ3v) is 3.42. The van der Waals surface area contributed by atoms with Crippen LogP contribution in [0, 0.1) is 6.92 Å². The summed E-state index contributed by atoms with van der Waals surface area (Å²) in [6.45, 7) is 6.85. The molecule has 0 bridgehead atoms. The predicted molar refractivity (Wildman–Crippen MR) is 74.0 cm³/mol. The van der Waals surface area contributed by atoms with Crippen LogP contribution in [0.15, 0.2) is 6.20 Å².